The van der Waals surface area contributed by atoms with E-state index in [1.54, 1.807) is 0 Å². The van der Waals surface area contributed by atoms with Gasteiger partial charge in [0.2, 0.25) is 5.69 Å². The summed E-state index contributed by atoms with van der Waals surface area (Å²) in [4.78, 5) is 0. The van der Waals surface area contributed by atoms with Gasteiger partial charge in [-0.2, -0.15) is 5.26 Å². The molecular formula is C35H29N2O+. The van der Waals surface area contributed by atoms with Crippen LogP contribution in [0.4, 0.5) is 0 Å². The van der Waals surface area contributed by atoms with Crippen molar-refractivity contribution in [2.45, 2.75) is 27.7 Å². The second kappa shape index (κ2) is 9.01. The number of fused-ring (bicyclic) bond motifs is 3. The fourth-order valence-electron chi connectivity index (χ4n) is 5.41. The van der Waals surface area contributed by atoms with Crippen LogP contribution < -0.4 is 4.57 Å². The quantitative estimate of drug-likeness (QED) is 0.232. The molecule has 3 nitrogen and oxygen atoms in total. The maximum atomic E-state index is 10.0. The molecule has 6 rings (SSSR count). The minimum absolute atomic E-state index is 0.606. The van der Waals surface area contributed by atoms with Crippen LogP contribution in [0.25, 0.3) is 55.4 Å². The Morgan fingerprint density at radius 1 is 0.632 bits per heavy atom. The van der Waals surface area contributed by atoms with E-state index in [0.29, 0.717) is 5.56 Å². The lowest BCUT2D eigenvalue weighted by Gasteiger charge is -2.08. The minimum Gasteiger partial charge on any atom is -0.454 e. The van der Waals surface area contributed by atoms with Gasteiger partial charge in [0.1, 0.15) is 18.2 Å². The molecule has 0 amide bonds. The summed E-state index contributed by atoms with van der Waals surface area (Å²) in [5, 5.41) is 12.1. The van der Waals surface area contributed by atoms with Gasteiger partial charge in [0.15, 0.2) is 6.20 Å². The monoisotopic (exact) mass is 493 g/mol. The van der Waals surface area contributed by atoms with Crippen LogP contribution in [-0.2, 0) is 7.05 Å². The van der Waals surface area contributed by atoms with Crippen molar-refractivity contribution in [1.29, 1.82) is 5.26 Å². The van der Waals surface area contributed by atoms with Crippen LogP contribution in [0.5, 0.6) is 0 Å². The van der Waals surface area contributed by atoms with Gasteiger partial charge in [0.05, 0.1) is 17.2 Å². The topological polar surface area (TPSA) is 40.8 Å². The molecule has 0 spiro atoms. The van der Waals surface area contributed by atoms with Crippen molar-refractivity contribution in [1.82, 2.24) is 0 Å². The van der Waals surface area contributed by atoms with Gasteiger partial charge in [-0.1, -0.05) is 66.2 Å². The maximum Gasteiger partial charge on any atom is 0.216 e. The van der Waals surface area contributed by atoms with Gasteiger partial charge in [0, 0.05) is 28.0 Å². The Kier molecular flexibility index (Phi) is 5.62. The molecule has 0 atom stereocenters. The molecule has 0 aliphatic rings. The molecule has 3 heteroatoms. The molecule has 0 bridgehead atoms. The average molecular weight is 494 g/mol. The first-order chi connectivity index (χ1) is 18.4. The largest absolute Gasteiger partial charge is 0.454 e. The highest BCUT2D eigenvalue weighted by molar-refractivity contribution is 6.14. The van der Waals surface area contributed by atoms with Crippen molar-refractivity contribution >= 4 is 21.9 Å². The molecule has 0 aliphatic carbocycles. The van der Waals surface area contributed by atoms with Gasteiger partial charge >= 0.3 is 0 Å². The molecule has 38 heavy (non-hydrogen) atoms. The van der Waals surface area contributed by atoms with E-state index in [1.165, 1.54) is 22.3 Å². The van der Waals surface area contributed by atoms with E-state index in [0.717, 1.165) is 55.4 Å². The third kappa shape index (κ3) is 3.78. The molecule has 2 aromatic heterocycles. The van der Waals surface area contributed by atoms with E-state index in [4.69, 9.17) is 4.42 Å². The summed E-state index contributed by atoms with van der Waals surface area (Å²) >= 11 is 0. The Hall–Kier alpha value is -4.68. The van der Waals surface area contributed by atoms with Crippen LogP contribution >= 0.6 is 0 Å². The normalized spacial score (nSPS) is 11.3. The summed E-state index contributed by atoms with van der Waals surface area (Å²) in [6, 6.07) is 29.8. The lowest BCUT2D eigenvalue weighted by molar-refractivity contribution is -0.660. The standard InChI is InChI=1S/C35H29N2O/c1-21-6-9-25(10-7-21)26-11-13-27(14-12-26)33-28(19-36)15-17-30-29-16-8-22(2)32(34(29)38-35(30)33)31-18-23(3)24(4)20-37(31)5/h6-18,20H,1-5H3/q+1. The fourth-order valence-corrected chi connectivity index (χ4v) is 5.41. The number of nitriles is 1. The van der Waals surface area contributed by atoms with Gasteiger partial charge in [-0.3, -0.25) is 0 Å². The highest BCUT2D eigenvalue weighted by atomic mass is 16.3. The Labute approximate surface area is 223 Å². The zero-order valence-corrected chi connectivity index (χ0v) is 22.4. The molecule has 0 fully saturated rings. The second-order valence-electron chi connectivity index (χ2n) is 10.3. The summed E-state index contributed by atoms with van der Waals surface area (Å²) < 4.78 is 8.90. The second-order valence-corrected chi connectivity index (χ2v) is 10.3. The van der Waals surface area contributed by atoms with Crippen LogP contribution in [0.2, 0.25) is 0 Å². The van der Waals surface area contributed by atoms with Crippen molar-refractivity contribution in [3.8, 4) is 39.6 Å². The van der Waals surface area contributed by atoms with Crippen molar-refractivity contribution in [3.63, 3.8) is 0 Å². The molecule has 2 heterocycles. The van der Waals surface area contributed by atoms with Crippen LogP contribution in [0.15, 0.2) is 89.5 Å². The number of hydrogen-bond donors (Lipinski definition) is 0. The summed E-state index contributed by atoms with van der Waals surface area (Å²) in [5.74, 6) is 0. The van der Waals surface area contributed by atoms with Crippen molar-refractivity contribution in [3.05, 3.63) is 113 Å². The van der Waals surface area contributed by atoms with Gasteiger partial charge in [-0.05, 0) is 67.6 Å². The molecule has 0 N–H and O–H groups in total. The zero-order chi connectivity index (χ0) is 26.6. The molecule has 184 valence electrons. The predicted molar refractivity (Wildman–Crippen MR) is 155 cm³/mol. The number of hydrogen-bond acceptors (Lipinski definition) is 2. The van der Waals surface area contributed by atoms with Gasteiger partial charge in [-0.15, -0.1) is 0 Å². The smallest absolute Gasteiger partial charge is 0.216 e. The first-order valence-electron chi connectivity index (χ1n) is 12.9. The summed E-state index contributed by atoms with van der Waals surface area (Å²) in [6.45, 7) is 8.50. The lowest BCUT2D eigenvalue weighted by Crippen LogP contribution is -2.31. The van der Waals surface area contributed by atoms with Crippen LogP contribution in [0, 0.1) is 39.0 Å². The Morgan fingerprint density at radius 3 is 1.87 bits per heavy atom. The molecule has 0 aliphatic heterocycles. The van der Waals surface area contributed by atoms with E-state index in [1.807, 2.05) is 12.1 Å². The summed E-state index contributed by atoms with van der Waals surface area (Å²) in [5.41, 5.74) is 13.4. The van der Waals surface area contributed by atoms with Crippen LogP contribution in [0.3, 0.4) is 0 Å². The Morgan fingerprint density at radius 2 is 1.21 bits per heavy atom. The molecular weight excluding hydrogens is 464 g/mol. The zero-order valence-electron chi connectivity index (χ0n) is 22.4. The fraction of sp³-hybridized carbons (Fsp3) is 0.143. The van der Waals surface area contributed by atoms with E-state index in [9.17, 15) is 5.26 Å². The first-order valence-corrected chi connectivity index (χ1v) is 12.9. The number of nitrogens with zero attached hydrogens (tertiary/aromatic N) is 2. The third-order valence-corrected chi connectivity index (χ3v) is 7.70. The number of benzene rings is 4. The molecule has 0 radical (unpaired) electrons. The molecule has 4 aromatic carbocycles. The average Bonchev–Trinajstić information content (AvgIpc) is 3.29. The van der Waals surface area contributed by atoms with Crippen molar-refractivity contribution in [2.75, 3.05) is 0 Å². The first kappa shape index (κ1) is 23.7. The van der Waals surface area contributed by atoms with E-state index in [-0.39, 0.29) is 0 Å². The van der Waals surface area contributed by atoms with E-state index >= 15 is 0 Å². The summed E-state index contributed by atoms with van der Waals surface area (Å²) in [6.07, 6.45) is 2.17. The number of pyridine rings is 1. The molecule has 0 saturated carbocycles. The minimum atomic E-state index is 0.606. The van der Waals surface area contributed by atoms with E-state index < -0.39 is 0 Å². The van der Waals surface area contributed by atoms with Crippen LogP contribution in [-0.4, -0.2) is 0 Å². The summed E-state index contributed by atoms with van der Waals surface area (Å²) in [7, 11) is 2.08. The molecule has 0 saturated heterocycles. The SMILES string of the molecule is Cc1ccc(-c2ccc(-c3c(C#N)ccc4c3oc3c(-c5cc(C)c(C)c[n+]5C)c(C)ccc34)cc2)cc1. The molecule has 6 aromatic rings. The predicted octanol–water partition coefficient (Wildman–Crippen LogP) is 8.52. The van der Waals surface area contributed by atoms with Gasteiger partial charge in [-0.25, -0.2) is 4.57 Å². The van der Waals surface area contributed by atoms with Gasteiger partial charge in [0.25, 0.3) is 0 Å². The Bertz CT molecular complexity index is 1900. The number of furan rings is 1. The van der Waals surface area contributed by atoms with Crippen molar-refractivity contribution < 1.29 is 8.98 Å². The van der Waals surface area contributed by atoms with Gasteiger partial charge < -0.3 is 4.42 Å². The highest BCUT2D eigenvalue weighted by Gasteiger charge is 2.23. The Balaban J connectivity index is 1.59. The number of rotatable bonds is 3. The molecule has 0 unspecified atom stereocenters. The maximum absolute atomic E-state index is 10.0. The van der Waals surface area contributed by atoms with Crippen molar-refractivity contribution in [2.24, 2.45) is 7.05 Å². The van der Waals surface area contributed by atoms with Crippen LogP contribution in [0.1, 0.15) is 27.8 Å². The highest BCUT2D eigenvalue weighted by Crippen LogP contribution is 2.42. The third-order valence-electron chi connectivity index (χ3n) is 7.70. The number of aryl methyl sites for hydroxylation is 5. The lowest BCUT2D eigenvalue weighted by atomic mass is 9.94. The number of aromatic nitrogens is 1. The van der Waals surface area contributed by atoms with E-state index in [2.05, 4.69) is 118 Å².